The van der Waals surface area contributed by atoms with Gasteiger partial charge in [-0.15, -0.1) is 0 Å². The topological polar surface area (TPSA) is 48.5 Å². The molecular weight excluding hydrogens is 851 g/mol. The van der Waals surface area contributed by atoms with Gasteiger partial charge in [-0.2, -0.15) is 0 Å². The Morgan fingerprint density at radius 3 is 1.36 bits per heavy atom. The summed E-state index contributed by atoms with van der Waals surface area (Å²) in [5.74, 6) is 0.667. The van der Waals surface area contributed by atoms with E-state index in [9.17, 15) is 0 Å². The van der Waals surface area contributed by atoms with Crippen molar-refractivity contribution in [3.05, 3.63) is 249 Å². The highest BCUT2D eigenvalue weighted by atomic mass is 15.0. The van der Waals surface area contributed by atoms with Crippen molar-refractivity contribution in [3.63, 3.8) is 0 Å². The van der Waals surface area contributed by atoms with Gasteiger partial charge in [-0.3, -0.25) is 0 Å². The van der Waals surface area contributed by atoms with Crippen LogP contribution in [0.25, 0.3) is 133 Å². The Bertz CT molecular complexity index is 4250. The molecule has 0 radical (unpaired) electrons. The fraction of sp³-hybridized carbons (Fsp3) is 0. The van der Waals surface area contributed by atoms with Crippen LogP contribution in [0.4, 0.5) is 0 Å². The summed E-state index contributed by atoms with van der Waals surface area (Å²) in [7, 11) is 0. The standard InChI is InChI=1S/C65H41N5/c1-4-17-43(18-5-1)57-41-58(44-35-37-48(38-36-44)69-59-28-13-10-23-50(59)51-24-11-14-29-60(51)69)67-65(66-57)46-33-31-42(32-34-46)49-26-16-27-53-54-40-62-55(39-56(54)63(68-64(49)53)45-19-6-2-7-20-45)52-25-12-15-30-61(52)70(62)47-21-8-3-9-22-47/h1-41H. The molecular formula is C65H41N5. The van der Waals surface area contributed by atoms with Crippen LogP contribution < -0.4 is 0 Å². The average molecular weight is 892 g/mol. The van der Waals surface area contributed by atoms with Crippen LogP contribution in [0.1, 0.15) is 0 Å². The van der Waals surface area contributed by atoms with Crippen LogP contribution in [0.15, 0.2) is 249 Å². The first-order valence-electron chi connectivity index (χ1n) is 23.8. The predicted molar refractivity (Wildman–Crippen MR) is 291 cm³/mol. The van der Waals surface area contributed by atoms with E-state index in [0.717, 1.165) is 89.0 Å². The smallest absolute Gasteiger partial charge is 0.160 e. The molecule has 0 unspecified atom stereocenters. The molecule has 70 heavy (non-hydrogen) atoms. The zero-order valence-electron chi connectivity index (χ0n) is 37.9. The van der Waals surface area contributed by atoms with E-state index in [-0.39, 0.29) is 0 Å². The third-order valence-electron chi connectivity index (χ3n) is 13.9. The van der Waals surface area contributed by atoms with Crippen molar-refractivity contribution < 1.29 is 0 Å². The second kappa shape index (κ2) is 16.1. The van der Waals surface area contributed by atoms with E-state index >= 15 is 0 Å². The second-order valence-corrected chi connectivity index (χ2v) is 18.0. The van der Waals surface area contributed by atoms with Crippen LogP contribution in [0.2, 0.25) is 0 Å². The second-order valence-electron chi connectivity index (χ2n) is 18.0. The van der Waals surface area contributed by atoms with Crippen molar-refractivity contribution in [1.29, 1.82) is 0 Å². The van der Waals surface area contributed by atoms with E-state index in [0.29, 0.717) is 5.82 Å². The molecule has 0 saturated carbocycles. The lowest BCUT2D eigenvalue weighted by atomic mass is 9.94. The van der Waals surface area contributed by atoms with Crippen LogP contribution in [0.3, 0.4) is 0 Å². The van der Waals surface area contributed by atoms with Crippen molar-refractivity contribution in [1.82, 2.24) is 24.1 Å². The summed E-state index contributed by atoms with van der Waals surface area (Å²) in [4.78, 5) is 16.0. The van der Waals surface area contributed by atoms with Crippen LogP contribution in [-0.4, -0.2) is 24.1 Å². The van der Waals surface area contributed by atoms with Gasteiger partial charge < -0.3 is 9.13 Å². The lowest BCUT2D eigenvalue weighted by Gasteiger charge is -2.15. The monoisotopic (exact) mass is 891 g/mol. The van der Waals surface area contributed by atoms with E-state index in [1.54, 1.807) is 0 Å². The van der Waals surface area contributed by atoms with Crippen LogP contribution >= 0.6 is 0 Å². The molecule has 0 aliphatic heterocycles. The lowest BCUT2D eigenvalue weighted by Crippen LogP contribution is -1.97. The van der Waals surface area contributed by atoms with Crippen molar-refractivity contribution in [2.45, 2.75) is 0 Å². The fourth-order valence-corrected chi connectivity index (χ4v) is 10.7. The number of pyridine rings is 1. The van der Waals surface area contributed by atoms with E-state index in [1.807, 2.05) is 6.07 Å². The van der Waals surface area contributed by atoms with Crippen LogP contribution in [0, 0.1) is 0 Å². The minimum absolute atomic E-state index is 0.667. The van der Waals surface area contributed by atoms with Gasteiger partial charge in [0.15, 0.2) is 5.82 Å². The summed E-state index contributed by atoms with van der Waals surface area (Å²) in [6.45, 7) is 0. The Morgan fingerprint density at radius 1 is 0.257 bits per heavy atom. The highest BCUT2D eigenvalue weighted by Gasteiger charge is 2.20. The van der Waals surface area contributed by atoms with E-state index < -0.39 is 0 Å². The molecule has 0 amide bonds. The van der Waals surface area contributed by atoms with Gasteiger partial charge in [0, 0.05) is 71.5 Å². The van der Waals surface area contributed by atoms with E-state index in [2.05, 4.69) is 252 Å². The third-order valence-corrected chi connectivity index (χ3v) is 13.9. The lowest BCUT2D eigenvalue weighted by molar-refractivity contribution is 1.17. The summed E-state index contributed by atoms with van der Waals surface area (Å²) in [6, 6.07) is 88.4. The molecule has 4 aromatic heterocycles. The number of nitrogens with zero attached hydrogens (tertiary/aromatic N) is 5. The summed E-state index contributed by atoms with van der Waals surface area (Å²) in [6.07, 6.45) is 0. The minimum atomic E-state index is 0.667. The number of hydrogen-bond acceptors (Lipinski definition) is 3. The zero-order chi connectivity index (χ0) is 46.1. The molecule has 4 heterocycles. The van der Waals surface area contributed by atoms with Gasteiger partial charge >= 0.3 is 0 Å². The maximum Gasteiger partial charge on any atom is 0.160 e. The predicted octanol–water partition coefficient (Wildman–Crippen LogP) is 16.7. The number of fused-ring (bicyclic) bond motifs is 9. The molecule has 0 aliphatic rings. The van der Waals surface area contributed by atoms with Gasteiger partial charge in [0.05, 0.1) is 44.7 Å². The van der Waals surface area contributed by atoms with Gasteiger partial charge in [0.1, 0.15) is 0 Å². The van der Waals surface area contributed by atoms with Gasteiger partial charge in [-0.05, 0) is 71.6 Å². The first-order valence-corrected chi connectivity index (χ1v) is 23.8. The van der Waals surface area contributed by atoms with Crippen molar-refractivity contribution in [2.24, 2.45) is 0 Å². The fourth-order valence-electron chi connectivity index (χ4n) is 10.7. The normalized spacial score (nSPS) is 11.7. The van der Waals surface area contributed by atoms with Crippen molar-refractivity contribution in [2.75, 3.05) is 0 Å². The molecule has 0 bridgehead atoms. The molecule has 0 spiro atoms. The molecule has 326 valence electrons. The largest absolute Gasteiger partial charge is 0.309 e. The number of hydrogen-bond donors (Lipinski definition) is 0. The number of benzene rings is 10. The SMILES string of the molecule is c1ccc(-c2cc(-c3ccc(-n4c5ccccc5c5ccccc54)cc3)nc(-c3ccc(-c4cccc5c4nc(-c4ccccc4)c4cc6c7ccccc7n(-c7ccccc7)c6cc45)cc3)n2)cc1. The first-order chi connectivity index (χ1) is 34.7. The molecule has 0 aliphatic carbocycles. The number of para-hydroxylation sites is 5. The van der Waals surface area contributed by atoms with Crippen LogP contribution in [-0.2, 0) is 0 Å². The molecule has 14 rings (SSSR count). The molecule has 0 N–H and O–H groups in total. The van der Waals surface area contributed by atoms with Crippen molar-refractivity contribution >= 4 is 65.3 Å². The van der Waals surface area contributed by atoms with E-state index in [4.69, 9.17) is 15.0 Å². The highest BCUT2D eigenvalue weighted by Crippen LogP contribution is 2.42. The molecule has 14 aromatic rings. The molecule has 5 heteroatoms. The van der Waals surface area contributed by atoms with Crippen molar-refractivity contribution in [3.8, 4) is 67.7 Å². The molecule has 5 nitrogen and oxygen atoms in total. The van der Waals surface area contributed by atoms with Gasteiger partial charge in [-0.25, -0.2) is 15.0 Å². The Hall–Kier alpha value is -9.45. The van der Waals surface area contributed by atoms with E-state index in [1.165, 1.54) is 38.1 Å². The van der Waals surface area contributed by atoms with Gasteiger partial charge in [0.25, 0.3) is 0 Å². The summed E-state index contributed by atoms with van der Waals surface area (Å²) < 4.78 is 4.74. The minimum Gasteiger partial charge on any atom is -0.309 e. The first kappa shape index (κ1) is 39.7. The Kier molecular flexibility index (Phi) is 9.14. The number of rotatable bonds is 7. The third kappa shape index (κ3) is 6.44. The Morgan fingerprint density at radius 2 is 0.729 bits per heavy atom. The number of aromatic nitrogens is 5. The molecule has 10 aromatic carbocycles. The summed E-state index contributed by atoms with van der Waals surface area (Å²) in [5.41, 5.74) is 16.8. The van der Waals surface area contributed by atoms with Gasteiger partial charge in [-0.1, -0.05) is 188 Å². The quantitative estimate of drug-likeness (QED) is 0.150. The molecule has 0 saturated heterocycles. The molecule has 0 atom stereocenters. The maximum atomic E-state index is 5.59. The Labute approximate surface area is 403 Å². The highest BCUT2D eigenvalue weighted by molar-refractivity contribution is 6.21. The van der Waals surface area contributed by atoms with Gasteiger partial charge in [0.2, 0.25) is 0 Å². The average Bonchev–Trinajstić information content (AvgIpc) is 3.95. The summed E-state index contributed by atoms with van der Waals surface area (Å²) >= 11 is 0. The zero-order valence-corrected chi connectivity index (χ0v) is 37.9. The summed E-state index contributed by atoms with van der Waals surface area (Å²) in [5, 5.41) is 8.31. The molecule has 0 fully saturated rings. The maximum absolute atomic E-state index is 5.59. The Balaban J connectivity index is 0.897. The van der Waals surface area contributed by atoms with Crippen LogP contribution in [0.5, 0.6) is 0 Å².